The summed E-state index contributed by atoms with van der Waals surface area (Å²) in [6, 6.07) is 0. The number of hydrogen-bond acceptors (Lipinski definition) is 2. The minimum absolute atomic E-state index is 0.0416. The van der Waals surface area contributed by atoms with Gasteiger partial charge in [-0.1, -0.05) is 6.92 Å². The second kappa shape index (κ2) is 5.22. The van der Waals surface area contributed by atoms with E-state index in [4.69, 9.17) is 4.74 Å². The third-order valence-electron chi connectivity index (χ3n) is 1.88. The molecule has 0 aliphatic carbocycles. The first-order chi connectivity index (χ1) is 5.90. The maximum absolute atomic E-state index is 11.4. The van der Waals surface area contributed by atoms with Crippen molar-refractivity contribution in [1.29, 1.82) is 0 Å². The average Bonchev–Trinajstić information content (AvgIpc) is 1.99. The fourth-order valence-corrected chi connectivity index (χ4v) is 1.29. The lowest BCUT2D eigenvalue weighted by molar-refractivity contribution is -0.872. The predicted octanol–water partition coefficient (Wildman–Crippen LogP) is 1.28. The van der Waals surface area contributed by atoms with E-state index in [1.165, 1.54) is 0 Å². The predicted molar refractivity (Wildman–Crippen MR) is 53.3 cm³/mol. The van der Waals surface area contributed by atoms with Gasteiger partial charge in [0, 0.05) is 0 Å². The van der Waals surface area contributed by atoms with Crippen molar-refractivity contribution in [2.24, 2.45) is 5.92 Å². The number of ether oxygens (including phenoxy) is 1. The molecule has 0 rings (SSSR count). The molecule has 0 saturated carbocycles. The minimum Gasteiger partial charge on any atom is -0.466 e. The topological polar surface area (TPSA) is 26.3 Å². The van der Waals surface area contributed by atoms with Gasteiger partial charge >= 0.3 is 5.97 Å². The van der Waals surface area contributed by atoms with Gasteiger partial charge in [0.25, 0.3) is 0 Å². The first-order valence-electron chi connectivity index (χ1n) is 4.87. The quantitative estimate of drug-likeness (QED) is 0.480. The maximum Gasteiger partial charge on any atom is 0.314 e. The lowest BCUT2D eigenvalue weighted by Gasteiger charge is -2.27. The second-order valence-corrected chi connectivity index (χ2v) is 4.33. The van der Waals surface area contributed by atoms with E-state index in [1.54, 1.807) is 0 Å². The Morgan fingerprint density at radius 3 is 2.15 bits per heavy atom. The van der Waals surface area contributed by atoms with Crippen molar-refractivity contribution in [3.8, 4) is 0 Å². The third-order valence-corrected chi connectivity index (χ3v) is 1.88. The van der Waals surface area contributed by atoms with Gasteiger partial charge in [-0.3, -0.25) is 4.79 Å². The highest BCUT2D eigenvalue weighted by Gasteiger charge is 2.24. The monoisotopic (exact) mass is 188 g/mol. The number of rotatable bonds is 5. The molecular formula is C10H22NO2+. The highest BCUT2D eigenvalue weighted by atomic mass is 16.5. The maximum atomic E-state index is 11.4. The van der Waals surface area contributed by atoms with Crippen molar-refractivity contribution in [3.63, 3.8) is 0 Å². The zero-order valence-electron chi connectivity index (χ0n) is 9.46. The summed E-state index contributed by atoms with van der Waals surface area (Å²) >= 11 is 0. The van der Waals surface area contributed by atoms with Crippen molar-refractivity contribution in [3.05, 3.63) is 0 Å². The molecule has 1 atom stereocenters. The number of carbonyl (C=O) groups excluding carboxylic acids is 1. The molecule has 0 aromatic rings. The summed E-state index contributed by atoms with van der Waals surface area (Å²) in [7, 11) is 6.26. The summed E-state index contributed by atoms with van der Waals surface area (Å²) in [5, 5.41) is 0. The Morgan fingerprint density at radius 1 is 1.31 bits per heavy atom. The Kier molecular flexibility index (Phi) is 4.99. The van der Waals surface area contributed by atoms with Gasteiger partial charge in [0.15, 0.2) is 0 Å². The van der Waals surface area contributed by atoms with Crippen molar-refractivity contribution >= 4 is 5.97 Å². The molecule has 0 radical (unpaired) electrons. The number of esters is 1. The Hall–Kier alpha value is -0.570. The molecule has 3 nitrogen and oxygen atoms in total. The molecule has 0 heterocycles. The van der Waals surface area contributed by atoms with E-state index in [0.29, 0.717) is 6.61 Å². The minimum atomic E-state index is -0.0574. The van der Waals surface area contributed by atoms with Crippen LogP contribution in [0.3, 0.4) is 0 Å². The molecule has 78 valence electrons. The molecule has 0 aromatic carbocycles. The summed E-state index contributed by atoms with van der Waals surface area (Å²) in [5.74, 6) is -0.0157. The molecule has 0 saturated heterocycles. The Labute approximate surface area is 81.3 Å². The van der Waals surface area contributed by atoms with E-state index < -0.39 is 0 Å². The summed E-state index contributed by atoms with van der Waals surface area (Å²) in [6.07, 6.45) is 0.856. The molecule has 0 spiro atoms. The molecule has 3 heteroatoms. The highest BCUT2D eigenvalue weighted by molar-refractivity contribution is 5.72. The van der Waals surface area contributed by atoms with Crippen LogP contribution in [0, 0.1) is 5.92 Å². The summed E-state index contributed by atoms with van der Waals surface area (Å²) in [6.45, 7) is 5.19. The lowest BCUT2D eigenvalue weighted by Crippen LogP contribution is -2.41. The number of carbonyl (C=O) groups is 1. The van der Waals surface area contributed by atoms with Gasteiger partial charge in [-0.05, 0) is 13.3 Å². The molecular weight excluding hydrogens is 166 g/mol. The highest BCUT2D eigenvalue weighted by Crippen LogP contribution is 2.09. The molecule has 0 fully saturated rings. The van der Waals surface area contributed by atoms with Crippen LogP contribution in [0.5, 0.6) is 0 Å². The van der Waals surface area contributed by atoms with E-state index in [-0.39, 0.29) is 11.9 Å². The number of quaternary nitrogens is 1. The van der Waals surface area contributed by atoms with Gasteiger partial charge in [0.1, 0.15) is 5.92 Å². The molecule has 0 aromatic heterocycles. The summed E-state index contributed by atoms with van der Waals surface area (Å²) in [5.41, 5.74) is 0. The summed E-state index contributed by atoms with van der Waals surface area (Å²) < 4.78 is 5.79. The Morgan fingerprint density at radius 2 is 1.85 bits per heavy atom. The van der Waals surface area contributed by atoms with E-state index in [1.807, 2.05) is 13.8 Å². The molecule has 0 amide bonds. The van der Waals surface area contributed by atoms with Crippen LogP contribution in [0.1, 0.15) is 20.3 Å². The molecule has 0 aliphatic heterocycles. The van der Waals surface area contributed by atoms with Gasteiger partial charge in [-0.2, -0.15) is 0 Å². The van der Waals surface area contributed by atoms with Gasteiger partial charge < -0.3 is 9.22 Å². The van der Waals surface area contributed by atoms with Gasteiger partial charge in [0.05, 0.1) is 34.3 Å². The van der Waals surface area contributed by atoms with Gasteiger partial charge in [0.2, 0.25) is 0 Å². The van der Waals surface area contributed by atoms with Crippen LogP contribution in [-0.2, 0) is 9.53 Å². The van der Waals surface area contributed by atoms with E-state index in [2.05, 4.69) is 21.1 Å². The zero-order chi connectivity index (χ0) is 10.5. The molecule has 13 heavy (non-hydrogen) atoms. The standard InChI is InChI=1S/C10H22NO2/c1-6-9(8-11(3,4)5)10(12)13-7-2/h9H,6-8H2,1-5H3/q+1. The van der Waals surface area contributed by atoms with Crippen LogP contribution in [0.25, 0.3) is 0 Å². The van der Waals surface area contributed by atoms with Crippen molar-refractivity contribution < 1.29 is 14.0 Å². The molecule has 1 unspecified atom stereocenters. The Balaban J connectivity index is 4.10. The molecule has 0 aliphatic rings. The van der Waals surface area contributed by atoms with Crippen LogP contribution in [0.15, 0.2) is 0 Å². The number of hydrogen-bond donors (Lipinski definition) is 0. The van der Waals surface area contributed by atoms with Crippen LogP contribution in [-0.4, -0.2) is 44.7 Å². The van der Waals surface area contributed by atoms with E-state index in [0.717, 1.165) is 17.4 Å². The van der Waals surface area contributed by atoms with Crippen LogP contribution >= 0.6 is 0 Å². The molecule has 0 N–H and O–H groups in total. The SMILES string of the molecule is CCOC(=O)C(CC)C[N+](C)(C)C. The van der Waals surface area contributed by atoms with E-state index >= 15 is 0 Å². The lowest BCUT2D eigenvalue weighted by atomic mass is 10.1. The smallest absolute Gasteiger partial charge is 0.314 e. The third kappa shape index (κ3) is 5.64. The van der Waals surface area contributed by atoms with Crippen LogP contribution < -0.4 is 0 Å². The molecule has 0 bridgehead atoms. The first-order valence-corrected chi connectivity index (χ1v) is 4.87. The van der Waals surface area contributed by atoms with Crippen LogP contribution in [0.4, 0.5) is 0 Å². The van der Waals surface area contributed by atoms with Crippen LogP contribution in [0.2, 0.25) is 0 Å². The van der Waals surface area contributed by atoms with Crippen molar-refractivity contribution in [2.45, 2.75) is 20.3 Å². The zero-order valence-corrected chi connectivity index (χ0v) is 9.46. The fourth-order valence-electron chi connectivity index (χ4n) is 1.29. The van der Waals surface area contributed by atoms with Crippen molar-refractivity contribution in [2.75, 3.05) is 34.3 Å². The van der Waals surface area contributed by atoms with E-state index in [9.17, 15) is 4.79 Å². The number of nitrogens with zero attached hydrogens (tertiary/aromatic N) is 1. The summed E-state index contributed by atoms with van der Waals surface area (Å²) in [4.78, 5) is 11.4. The Bertz CT molecular complexity index is 161. The second-order valence-electron chi connectivity index (χ2n) is 4.33. The van der Waals surface area contributed by atoms with Gasteiger partial charge in [-0.25, -0.2) is 0 Å². The normalized spacial score (nSPS) is 13.9. The largest absolute Gasteiger partial charge is 0.466 e. The first kappa shape index (κ1) is 12.4. The van der Waals surface area contributed by atoms with Crippen molar-refractivity contribution in [1.82, 2.24) is 0 Å². The average molecular weight is 188 g/mol. The fraction of sp³-hybridized carbons (Fsp3) is 0.900. The van der Waals surface area contributed by atoms with Gasteiger partial charge in [-0.15, -0.1) is 0 Å².